The fraction of sp³-hybridized carbons (Fsp3) is 0.400. The molecule has 1 aliphatic heterocycles. The molecule has 0 spiro atoms. The fourth-order valence-corrected chi connectivity index (χ4v) is 1.57. The van der Waals surface area contributed by atoms with E-state index in [-0.39, 0.29) is 16.6 Å². The number of carboxylic acid groups (broad SMARTS) is 1. The first kappa shape index (κ1) is 7.27. The van der Waals surface area contributed by atoms with Crippen LogP contribution in [0.2, 0.25) is 0 Å². The van der Waals surface area contributed by atoms with Crippen molar-refractivity contribution < 1.29 is 14.7 Å². The number of carbonyl (C=O) groups excluding carboxylic acids is 1. The van der Waals surface area contributed by atoms with Crippen molar-refractivity contribution in [3.8, 4) is 0 Å². The van der Waals surface area contributed by atoms with Gasteiger partial charge in [0.2, 0.25) is 0 Å². The van der Waals surface area contributed by atoms with Crippen molar-refractivity contribution in [2.24, 2.45) is 5.92 Å². The molecule has 4 nitrogen and oxygen atoms in total. The Labute approximate surface area is 61.1 Å². The van der Waals surface area contributed by atoms with E-state index in [1.165, 1.54) is 0 Å². The lowest BCUT2D eigenvalue weighted by Crippen LogP contribution is -2.24. The van der Waals surface area contributed by atoms with Gasteiger partial charge in [-0.3, -0.25) is 15.0 Å². The smallest absolute Gasteiger partial charge is 0.320 e. The van der Waals surface area contributed by atoms with Crippen molar-refractivity contribution >= 4 is 28.6 Å². The number of hydrogen-bond acceptors (Lipinski definition) is 4. The summed E-state index contributed by atoms with van der Waals surface area (Å²) in [6.45, 7) is 0. The molecule has 54 valence electrons. The number of aliphatic carboxylic acids is 1. The highest BCUT2D eigenvalue weighted by Gasteiger charge is 2.36. The first-order valence-corrected chi connectivity index (χ1v) is 3.58. The highest BCUT2D eigenvalue weighted by atomic mass is 32.2. The van der Waals surface area contributed by atoms with Gasteiger partial charge in [-0.1, -0.05) is 0 Å². The van der Waals surface area contributed by atoms with Crippen LogP contribution >= 0.6 is 11.8 Å². The number of rotatable bonds is 1. The highest BCUT2D eigenvalue weighted by Crippen LogP contribution is 2.22. The van der Waals surface area contributed by atoms with Crippen molar-refractivity contribution in [3.05, 3.63) is 0 Å². The van der Waals surface area contributed by atoms with E-state index in [1.807, 2.05) is 0 Å². The molecular formula is C5H5NO3S. The minimum absolute atomic E-state index is 0.0440. The van der Waals surface area contributed by atoms with Gasteiger partial charge < -0.3 is 5.11 Å². The molecule has 1 saturated heterocycles. The van der Waals surface area contributed by atoms with Gasteiger partial charge in [0, 0.05) is 0 Å². The summed E-state index contributed by atoms with van der Waals surface area (Å²) < 4.78 is 0. The zero-order valence-electron chi connectivity index (χ0n) is 4.96. The van der Waals surface area contributed by atoms with Crippen LogP contribution in [0.15, 0.2) is 0 Å². The molecule has 1 fully saturated rings. The molecule has 0 bridgehead atoms. The second-order valence-corrected chi connectivity index (χ2v) is 2.91. The van der Waals surface area contributed by atoms with E-state index >= 15 is 0 Å². The molecule has 0 amide bonds. The van der Waals surface area contributed by atoms with Crippen LogP contribution in [-0.2, 0) is 9.59 Å². The van der Waals surface area contributed by atoms with Crippen LogP contribution in [0.3, 0.4) is 0 Å². The molecule has 0 aromatic heterocycles. The normalized spacial score (nSPS) is 25.4. The third-order valence-electron chi connectivity index (χ3n) is 1.20. The van der Waals surface area contributed by atoms with Crippen LogP contribution in [0.25, 0.3) is 0 Å². The number of thioether (sulfide) groups is 1. The van der Waals surface area contributed by atoms with Crippen LogP contribution in [0.1, 0.15) is 0 Å². The predicted molar refractivity (Wildman–Crippen MR) is 36.3 cm³/mol. The zero-order chi connectivity index (χ0) is 7.72. The highest BCUT2D eigenvalue weighted by molar-refractivity contribution is 8.15. The molecule has 0 unspecified atom stereocenters. The Morgan fingerprint density at radius 3 is 2.60 bits per heavy atom. The van der Waals surface area contributed by atoms with E-state index in [9.17, 15) is 9.59 Å². The Morgan fingerprint density at radius 2 is 2.40 bits per heavy atom. The van der Waals surface area contributed by atoms with Gasteiger partial charge in [-0.05, 0) is 0 Å². The largest absolute Gasteiger partial charge is 0.480 e. The van der Waals surface area contributed by atoms with Gasteiger partial charge in [0.15, 0.2) is 11.7 Å². The lowest BCUT2D eigenvalue weighted by atomic mass is 10.1. The van der Waals surface area contributed by atoms with Gasteiger partial charge in [0.1, 0.15) is 0 Å². The average Bonchev–Trinajstić information content (AvgIpc) is 2.11. The summed E-state index contributed by atoms with van der Waals surface area (Å²) in [4.78, 5) is 20.9. The molecule has 0 aromatic rings. The lowest BCUT2D eigenvalue weighted by Gasteiger charge is -1.97. The Balaban J connectivity index is 2.82. The maximum Gasteiger partial charge on any atom is 0.320 e. The fourth-order valence-electron chi connectivity index (χ4n) is 0.712. The Kier molecular flexibility index (Phi) is 1.76. The minimum atomic E-state index is -1.21. The molecule has 0 radical (unpaired) electrons. The van der Waals surface area contributed by atoms with Gasteiger partial charge in [0.25, 0.3) is 0 Å². The Bertz CT molecular complexity index is 197. The van der Waals surface area contributed by atoms with Crippen molar-refractivity contribution in [1.29, 1.82) is 5.41 Å². The standard InChI is InChI=1S/C5H5NO3S/c6-4-3(5(8)9)2(7)1-10-4/h3,6H,1H2,(H,8,9)/t3-/m1/s1. The molecule has 0 aliphatic carbocycles. The van der Waals surface area contributed by atoms with Crippen molar-refractivity contribution in [2.75, 3.05) is 5.75 Å². The third kappa shape index (κ3) is 1.04. The number of nitrogens with one attached hydrogen (secondary N) is 1. The minimum Gasteiger partial charge on any atom is -0.480 e. The van der Waals surface area contributed by atoms with E-state index < -0.39 is 11.9 Å². The van der Waals surface area contributed by atoms with Gasteiger partial charge >= 0.3 is 5.97 Å². The van der Waals surface area contributed by atoms with Crippen LogP contribution < -0.4 is 0 Å². The molecule has 1 rings (SSSR count). The molecule has 1 aliphatic rings. The van der Waals surface area contributed by atoms with Crippen molar-refractivity contribution in [2.45, 2.75) is 0 Å². The SMILES string of the molecule is N=C1SCC(=O)[C@H]1C(=O)O. The monoisotopic (exact) mass is 159 g/mol. The lowest BCUT2D eigenvalue weighted by molar-refractivity contribution is -0.142. The van der Waals surface area contributed by atoms with Crippen molar-refractivity contribution in [1.82, 2.24) is 0 Å². The molecule has 2 N–H and O–H groups in total. The van der Waals surface area contributed by atoms with E-state index in [0.29, 0.717) is 0 Å². The van der Waals surface area contributed by atoms with E-state index in [2.05, 4.69) is 0 Å². The Hall–Kier alpha value is -0.840. The summed E-state index contributed by atoms with van der Waals surface area (Å²) in [6, 6.07) is 0. The van der Waals surface area contributed by atoms with Crippen LogP contribution in [0.5, 0.6) is 0 Å². The van der Waals surface area contributed by atoms with E-state index in [0.717, 1.165) is 11.8 Å². The Morgan fingerprint density at radius 1 is 1.80 bits per heavy atom. The number of carbonyl (C=O) groups is 2. The van der Waals surface area contributed by atoms with Crippen LogP contribution in [-0.4, -0.2) is 27.7 Å². The zero-order valence-corrected chi connectivity index (χ0v) is 5.77. The number of ketones is 1. The summed E-state index contributed by atoms with van der Waals surface area (Å²) in [5.74, 6) is -2.62. The molecular weight excluding hydrogens is 154 g/mol. The van der Waals surface area contributed by atoms with E-state index in [4.69, 9.17) is 10.5 Å². The van der Waals surface area contributed by atoms with Crippen molar-refractivity contribution in [3.63, 3.8) is 0 Å². The van der Waals surface area contributed by atoms with E-state index in [1.54, 1.807) is 0 Å². The predicted octanol–water partition coefficient (Wildman–Crippen LogP) is -0.0196. The molecule has 10 heavy (non-hydrogen) atoms. The molecule has 0 saturated carbocycles. The quantitative estimate of drug-likeness (QED) is 0.527. The first-order chi connectivity index (χ1) is 4.63. The van der Waals surface area contributed by atoms with Gasteiger partial charge in [-0.15, -0.1) is 11.8 Å². The molecule has 5 heteroatoms. The third-order valence-corrected chi connectivity index (χ3v) is 2.18. The van der Waals surface area contributed by atoms with Gasteiger partial charge in [-0.25, -0.2) is 0 Å². The molecule has 0 aromatic carbocycles. The van der Waals surface area contributed by atoms with Crippen LogP contribution in [0.4, 0.5) is 0 Å². The van der Waals surface area contributed by atoms with Gasteiger partial charge in [0.05, 0.1) is 10.8 Å². The summed E-state index contributed by atoms with van der Waals surface area (Å²) in [6.07, 6.45) is 0. The number of carboxylic acids is 1. The molecule has 1 heterocycles. The number of Topliss-reactive ketones (excluding diaryl/α,β-unsaturated/α-hetero) is 1. The number of hydrogen-bond donors (Lipinski definition) is 2. The topological polar surface area (TPSA) is 78.2 Å². The second kappa shape index (κ2) is 2.42. The van der Waals surface area contributed by atoms with Crippen LogP contribution in [0, 0.1) is 11.3 Å². The summed E-state index contributed by atoms with van der Waals surface area (Å²) in [5.41, 5.74) is 0. The molecule has 1 atom stereocenters. The summed E-state index contributed by atoms with van der Waals surface area (Å²) in [5, 5.41) is 15.4. The summed E-state index contributed by atoms with van der Waals surface area (Å²) >= 11 is 0.995. The first-order valence-electron chi connectivity index (χ1n) is 2.59. The van der Waals surface area contributed by atoms with Gasteiger partial charge in [-0.2, -0.15) is 0 Å². The average molecular weight is 159 g/mol. The maximum atomic E-state index is 10.7. The second-order valence-electron chi connectivity index (χ2n) is 1.89. The summed E-state index contributed by atoms with van der Waals surface area (Å²) in [7, 11) is 0. The maximum absolute atomic E-state index is 10.7.